The molecule has 0 saturated heterocycles. The van der Waals surface area contributed by atoms with Crippen molar-refractivity contribution in [2.75, 3.05) is 0 Å². The molecule has 0 fully saturated rings. The maximum absolute atomic E-state index is 11.9. The number of benzene rings is 1. The van der Waals surface area contributed by atoms with E-state index in [0.29, 0.717) is 5.56 Å². The van der Waals surface area contributed by atoms with Gasteiger partial charge in [0.05, 0.1) is 6.07 Å². The van der Waals surface area contributed by atoms with Crippen molar-refractivity contribution < 1.29 is 4.79 Å². The van der Waals surface area contributed by atoms with E-state index in [1.165, 1.54) is 8.52 Å². The second-order valence-corrected chi connectivity index (χ2v) is 4.78. The Morgan fingerprint density at radius 1 is 1.42 bits per heavy atom. The van der Waals surface area contributed by atoms with Crippen molar-refractivity contribution in [2.24, 2.45) is 12.0 Å². The van der Waals surface area contributed by atoms with Crippen LogP contribution in [-0.4, -0.2) is 14.4 Å². The van der Waals surface area contributed by atoms with Crippen LogP contribution < -0.4 is 10.5 Å². The standard InChI is InChI=1S/C12H10N4O2S/c1-15-12(18)16(8-7-13)11(19-15)14-10(17)9-5-3-2-4-6-9/h2-6H,8H2,1H3. The molecule has 2 rings (SSSR count). The summed E-state index contributed by atoms with van der Waals surface area (Å²) in [6.07, 6.45) is 0. The van der Waals surface area contributed by atoms with E-state index in [2.05, 4.69) is 4.99 Å². The Hall–Kier alpha value is -2.46. The zero-order chi connectivity index (χ0) is 13.8. The zero-order valence-electron chi connectivity index (χ0n) is 10.1. The summed E-state index contributed by atoms with van der Waals surface area (Å²) in [5, 5.41) is 8.69. The summed E-state index contributed by atoms with van der Waals surface area (Å²) in [5.41, 5.74) is 0.0840. The molecule has 0 aliphatic rings. The second kappa shape index (κ2) is 5.46. The van der Waals surface area contributed by atoms with Crippen molar-refractivity contribution in [1.29, 1.82) is 5.26 Å². The third kappa shape index (κ3) is 2.69. The maximum Gasteiger partial charge on any atom is 0.340 e. The van der Waals surface area contributed by atoms with Crippen LogP contribution in [0.5, 0.6) is 0 Å². The van der Waals surface area contributed by atoms with Gasteiger partial charge in [0.2, 0.25) is 4.80 Å². The number of aryl methyl sites for hydroxylation is 1. The summed E-state index contributed by atoms with van der Waals surface area (Å²) in [5.74, 6) is -0.436. The fourth-order valence-corrected chi connectivity index (χ4v) is 2.27. The number of nitrogens with zero attached hydrogens (tertiary/aromatic N) is 4. The summed E-state index contributed by atoms with van der Waals surface area (Å²) in [4.78, 5) is 27.8. The van der Waals surface area contributed by atoms with E-state index in [-0.39, 0.29) is 17.0 Å². The molecule has 96 valence electrons. The van der Waals surface area contributed by atoms with E-state index in [1.807, 2.05) is 6.07 Å². The lowest BCUT2D eigenvalue weighted by Gasteiger charge is -1.93. The Morgan fingerprint density at radius 2 is 2.11 bits per heavy atom. The first-order valence-electron chi connectivity index (χ1n) is 5.41. The molecule has 0 spiro atoms. The summed E-state index contributed by atoms with van der Waals surface area (Å²) in [7, 11) is 1.56. The molecule has 0 aliphatic carbocycles. The van der Waals surface area contributed by atoms with Crippen LogP contribution in [0.25, 0.3) is 0 Å². The van der Waals surface area contributed by atoms with Gasteiger partial charge in [-0.15, -0.1) is 0 Å². The van der Waals surface area contributed by atoms with Crippen molar-refractivity contribution in [3.05, 3.63) is 51.2 Å². The molecule has 0 atom stereocenters. The Morgan fingerprint density at radius 3 is 2.74 bits per heavy atom. The molecule has 0 radical (unpaired) electrons. The Kier molecular flexibility index (Phi) is 3.73. The molecule has 19 heavy (non-hydrogen) atoms. The molecule has 0 bridgehead atoms. The molecule has 0 unspecified atom stereocenters. The van der Waals surface area contributed by atoms with Crippen molar-refractivity contribution in [1.82, 2.24) is 8.52 Å². The lowest BCUT2D eigenvalue weighted by Crippen LogP contribution is -2.28. The van der Waals surface area contributed by atoms with Crippen LogP contribution in [0.3, 0.4) is 0 Å². The van der Waals surface area contributed by atoms with Gasteiger partial charge >= 0.3 is 5.69 Å². The first kappa shape index (κ1) is 13.0. The molecule has 1 amide bonds. The van der Waals surface area contributed by atoms with Crippen LogP contribution in [0.4, 0.5) is 0 Å². The molecule has 6 nitrogen and oxygen atoms in total. The SMILES string of the molecule is Cn1sc(=NC(=O)c2ccccc2)n(CC#N)c1=O. The zero-order valence-corrected chi connectivity index (χ0v) is 10.9. The minimum absolute atomic E-state index is 0.128. The summed E-state index contributed by atoms with van der Waals surface area (Å²) >= 11 is 1.03. The molecule has 0 aliphatic heterocycles. The first-order chi connectivity index (χ1) is 9.13. The average Bonchev–Trinajstić information content (AvgIpc) is 2.68. The van der Waals surface area contributed by atoms with Crippen LogP contribution in [0, 0.1) is 11.3 Å². The number of carbonyl (C=O) groups excluding carboxylic acids is 1. The maximum atomic E-state index is 11.9. The van der Waals surface area contributed by atoms with E-state index in [1.54, 1.807) is 37.4 Å². The van der Waals surface area contributed by atoms with Crippen molar-refractivity contribution in [3.63, 3.8) is 0 Å². The number of hydrogen-bond donors (Lipinski definition) is 0. The van der Waals surface area contributed by atoms with E-state index in [0.717, 1.165) is 11.5 Å². The van der Waals surface area contributed by atoms with Crippen LogP contribution >= 0.6 is 11.5 Å². The number of aromatic nitrogens is 2. The minimum Gasteiger partial charge on any atom is -0.267 e. The minimum atomic E-state index is -0.436. The smallest absolute Gasteiger partial charge is 0.267 e. The highest BCUT2D eigenvalue weighted by Gasteiger charge is 2.08. The summed E-state index contributed by atoms with van der Waals surface area (Å²) in [6.45, 7) is -0.128. The van der Waals surface area contributed by atoms with Gasteiger partial charge in [-0.1, -0.05) is 18.2 Å². The van der Waals surface area contributed by atoms with E-state index >= 15 is 0 Å². The monoisotopic (exact) mass is 274 g/mol. The van der Waals surface area contributed by atoms with Gasteiger partial charge in [-0.3, -0.25) is 9.36 Å². The van der Waals surface area contributed by atoms with E-state index in [9.17, 15) is 9.59 Å². The summed E-state index contributed by atoms with van der Waals surface area (Å²) < 4.78 is 2.50. The third-order valence-corrected chi connectivity index (χ3v) is 3.30. The molecule has 0 N–H and O–H groups in total. The van der Waals surface area contributed by atoms with Gasteiger partial charge in [-0.2, -0.15) is 10.3 Å². The molecule has 1 aromatic heterocycles. The molecule has 7 heteroatoms. The van der Waals surface area contributed by atoms with E-state index in [4.69, 9.17) is 5.26 Å². The number of carbonyl (C=O) groups is 1. The van der Waals surface area contributed by atoms with Gasteiger partial charge < -0.3 is 0 Å². The van der Waals surface area contributed by atoms with Gasteiger partial charge in [0.25, 0.3) is 5.91 Å². The molecule has 1 aromatic carbocycles. The second-order valence-electron chi connectivity index (χ2n) is 3.68. The predicted molar refractivity (Wildman–Crippen MR) is 69.5 cm³/mol. The van der Waals surface area contributed by atoms with E-state index < -0.39 is 5.91 Å². The van der Waals surface area contributed by atoms with Crippen LogP contribution in [0.2, 0.25) is 0 Å². The van der Waals surface area contributed by atoms with Crippen LogP contribution in [0.15, 0.2) is 40.1 Å². The molecule has 0 saturated carbocycles. The number of amides is 1. The fourth-order valence-electron chi connectivity index (χ4n) is 1.48. The predicted octanol–water partition coefficient (Wildman–Crippen LogP) is 0.513. The lowest BCUT2D eigenvalue weighted by atomic mass is 10.2. The highest BCUT2D eigenvalue weighted by Crippen LogP contribution is 2.00. The molecular weight excluding hydrogens is 264 g/mol. The topological polar surface area (TPSA) is 80.2 Å². The molecule has 1 heterocycles. The van der Waals surface area contributed by atoms with Crippen molar-refractivity contribution in [2.45, 2.75) is 6.54 Å². The normalized spacial score (nSPS) is 11.3. The van der Waals surface area contributed by atoms with Crippen molar-refractivity contribution in [3.8, 4) is 6.07 Å². The Balaban J connectivity index is 2.51. The highest BCUT2D eigenvalue weighted by molar-refractivity contribution is 7.03. The third-order valence-electron chi connectivity index (χ3n) is 2.40. The molecule has 2 aromatic rings. The van der Waals surface area contributed by atoms with Gasteiger partial charge in [0, 0.05) is 12.6 Å². The Labute approximate surface area is 112 Å². The molecular formula is C12H10N4O2S. The number of hydrogen-bond acceptors (Lipinski definition) is 4. The fraction of sp³-hybridized carbons (Fsp3) is 0.167. The average molecular weight is 274 g/mol. The van der Waals surface area contributed by atoms with Gasteiger partial charge in [-0.05, 0) is 23.7 Å². The Bertz CT molecular complexity index is 762. The lowest BCUT2D eigenvalue weighted by molar-refractivity contribution is 0.0998. The van der Waals surface area contributed by atoms with Crippen LogP contribution in [0.1, 0.15) is 10.4 Å². The van der Waals surface area contributed by atoms with Gasteiger partial charge in [-0.25, -0.2) is 8.75 Å². The van der Waals surface area contributed by atoms with Gasteiger partial charge in [0.1, 0.15) is 6.54 Å². The first-order valence-corrected chi connectivity index (χ1v) is 6.19. The largest absolute Gasteiger partial charge is 0.340 e. The van der Waals surface area contributed by atoms with Crippen molar-refractivity contribution >= 4 is 17.4 Å². The number of rotatable bonds is 2. The quantitative estimate of drug-likeness (QED) is 0.800. The van der Waals surface area contributed by atoms with Gasteiger partial charge in [0.15, 0.2) is 0 Å². The van der Waals surface area contributed by atoms with Crippen LogP contribution in [-0.2, 0) is 13.6 Å². The number of nitriles is 1. The highest BCUT2D eigenvalue weighted by atomic mass is 32.1. The summed E-state index contributed by atoms with van der Waals surface area (Å²) in [6, 6.07) is 10.4.